The summed E-state index contributed by atoms with van der Waals surface area (Å²) in [5, 5.41) is 5.26. The van der Waals surface area contributed by atoms with Gasteiger partial charge in [-0.25, -0.2) is 9.97 Å². The number of nitrogens with one attached hydrogen (secondary N) is 1. The van der Waals surface area contributed by atoms with Gasteiger partial charge in [0.25, 0.3) is 0 Å². The Morgan fingerprint density at radius 2 is 1.90 bits per heavy atom. The molecule has 0 spiro atoms. The third kappa shape index (κ3) is 4.77. The maximum atomic E-state index is 6.05. The molecule has 1 N–H and O–H groups in total. The number of hydrogen-bond acceptors (Lipinski definition) is 4. The number of aromatic nitrogens is 2. The lowest BCUT2D eigenvalue weighted by Gasteiger charge is -2.08. The minimum Gasteiger partial charge on any atom is -0.370 e. The first-order valence-electron chi connectivity index (χ1n) is 6.87. The average Bonchev–Trinajstić information content (AvgIpc) is 2.43. The van der Waals surface area contributed by atoms with Gasteiger partial charge in [-0.1, -0.05) is 41.9 Å². The van der Waals surface area contributed by atoms with Crippen molar-refractivity contribution < 1.29 is 0 Å². The molecule has 3 nitrogen and oxygen atoms in total. The van der Waals surface area contributed by atoms with Gasteiger partial charge in [0, 0.05) is 23.9 Å². The second kappa shape index (κ2) is 7.87. The maximum Gasteiger partial charge on any atom is 0.132 e. The van der Waals surface area contributed by atoms with Crippen LogP contribution in [0.3, 0.4) is 0 Å². The van der Waals surface area contributed by atoms with Crippen LogP contribution in [-0.4, -0.2) is 16.5 Å². The van der Waals surface area contributed by atoms with E-state index in [0.29, 0.717) is 10.0 Å². The van der Waals surface area contributed by atoms with Crippen LogP contribution in [0.25, 0.3) is 0 Å². The van der Waals surface area contributed by atoms with Gasteiger partial charge in [0.15, 0.2) is 0 Å². The van der Waals surface area contributed by atoms with Gasteiger partial charge in [0.05, 0.1) is 10.0 Å². The van der Waals surface area contributed by atoms with E-state index in [1.807, 2.05) is 25.1 Å². The molecule has 0 saturated heterocycles. The monoisotopic (exact) mass is 341 g/mol. The Morgan fingerprint density at radius 3 is 2.57 bits per heavy atom. The smallest absolute Gasteiger partial charge is 0.132 e. The van der Waals surface area contributed by atoms with Crippen molar-refractivity contribution in [3.63, 3.8) is 0 Å². The summed E-state index contributed by atoms with van der Waals surface area (Å²) in [6.07, 6.45) is 1.89. The summed E-state index contributed by atoms with van der Waals surface area (Å²) in [4.78, 5) is 10.1. The molecular formula is C15H17Cl2N3S. The number of aryl methyl sites for hydroxylation is 1. The van der Waals surface area contributed by atoms with E-state index in [4.69, 9.17) is 23.2 Å². The zero-order chi connectivity index (χ0) is 15.2. The number of nitrogens with zero attached hydrogens (tertiary/aromatic N) is 2. The van der Waals surface area contributed by atoms with Crippen molar-refractivity contribution in [2.75, 3.05) is 11.9 Å². The third-order valence-corrected chi connectivity index (χ3v) is 4.34. The molecule has 0 unspecified atom stereocenters. The van der Waals surface area contributed by atoms with Crippen LogP contribution in [0.1, 0.15) is 26.1 Å². The van der Waals surface area contributed by atoms with E-state index in [0.717, 1.165) is 41.0 Å². The molecule has 1 heterocycles. The first-order chi connectivity index (χ1) is 10.1. The van der Waals surface area contributed by atoms with Gasteiger partial charge in [0.2, 0.25) is 0 Å². The predicted octanol–water partition coefficient (Wildman–Crippen LogP) is 5.32. The Morgan fingerprint density at radius 1 is 1.10 bits per heavy atom. The molecule has 1 aromatic heterocycles. The molecule has 0 amide bonds. The minimum absolute atomic E-state index is 0.552. The first kappa shape index (κ1) is 16.4. The van der Waals surface area contributed by atoms with Crippen LogP contribution in [0.2, 0.25) is 10.0 Å². The van der Waals surface area contributed by atoms with Crippen molar-refractivity contribution in [3.05, 3.63) is 40.1 Å². The lowest BCUT2D eigenvalue weighted by atomic mass is 10.3. The number of benzene rings is 1. The van der Waals surface area contributed by atoms with Crippen molar-refractivity contribution >= 4 is 40.8 Å². The van der Waals surface area contributed by atoms with Crippen LogP contribution in [0.15, 0.2) is 34.2 Å². The van der Waals surface area contributed by atoms with Crippen LogP contribution in [0.4, 0.5) is 5.82 Å². The molecule has 2 rings (SSSR count). The zero-order valence-electron chi connectivity index (χ0n) is 12.0. The molecule has 2 aromatic rings. The maximum absolute atomic E-state index is 6.05. The Hall–Kier alpha value is -0.970. The molecule has 0 bridgehead atoms. The van der Waals surface area contributed by atoms with E-state index in [1.54, 1.807) is 17.8 Å². The molecule has 0 radical (unpaired) electrons. The highest BCUT2D eigenvalue weighted by molar-refractivity contribution is 7.99. The van der Waals surface area contributed by atoms with Gasteiger partial charge in [0.1, 0.15) is 16.7 Å². The summed E-state index contributed by atoms with van der Waals surface area (Å²) >= 11 is 13.5. The standard InChI is InChI=1S/C15H17Cl2N3S/c1-3-5-13-19-14(18-4-2)9-15(20-13)21-10-6-7-11(16)12(17)8-10/h6-9H,3-5H2,1-2H3,(H,18,19,20). The first-order valence-corrected chi connectivity index (χ1v) is 8.44. The Kier molecular flexibility index (Phi) is 6.15. The van der Waals surface area contributed by atoms with Crippen molar-refractivity contribution in [2.24, 2.45) is 0 Å². The van der Waals surface area contributed by atoms with Crippen molar-refractivity contribution in [1.82, 2.24) is 9.97 Å². The molecule has 0 saturated carbocycles. The molecule has 0 fully saturated rings. The highest BCUT2D eigenvalue weighted by Gasteiger charge is 2.07. The quantitative estimate of drug-likeness (QED) is 0.721. The van der Waals surface area contributed by atoms with E-state index >= 15 is 0 Å². The molecule has 0 aliphatic carbocycles. The second-order valence-corrected chi connectivity index (χ2v) is 6.37. The lowest BCUT2D eigenvalue weighted by molar-refractivity contribution is 0.810. The fourth-order valence-electron chi connectivity index (χ4n) is 1.79. The second-order valence-electron chi connectivity index (χ2n) is 4.47. The Labute approximate surface area is 139 Å². The SMILES string of the molecule is CCCc1nc(NCC)cc(Sc2ccc(Cl)c(Cl)c2)n1. The largest absolute Gasteiger partial charge is 0.370 e. The topological polar surface area (TPSA) is 37.8 Å². The van der Waals surface area contributed by atoms with Crippen molar-refractivity contribution in [2.45, 2.75) is 36.6 Å². The number of hydrogen-bond donors (Lipinski definition) is 1. The normalized spacial score (nSPS) is 10.7. The summed E-state index contributed by atoms with van der Waals surface area (Å²) in [5.74, 6) is 1.72. The molecule has 0 aliphatic rings. The lowest BCUT2D eigenvalue weighted by Crippen LogP contribution is -2.04. The van der Waals surface area contributed by atoms with Gasteiger partial charge in [-0.2, -0.15) is 0 Å². The number of halogens is 2. The number of anilines is 1. The summed E-state index contributed by atoms with van der Waals surface area (Å²) in [6.45, 7) is 5.00. The molecule has 0 atom stereocenters. The summed E-state index contributed by atoms with van der Waals surface area (Å²) in [6, 6.07) is 7.54. The van der Waals surface area contributed by atoms with Crippen LogP contribution >= 0.6 is 35.0 Å². The molecule has 21 heavy (non-hydrogen) atoms. The summed E-state index contributed by atoms with van der Waals surface area (Å²) < 4.78 is 0. The fraction of sp³-hybridized carbons (Fsp3) is 0.333. The summed E-state index contributed by atoms with van der Waals surface area (Å²) in [5.41, 5.74) is 0. The molecular weight excluding hydrogens is 325 g/mol. The van der Waals surface area contributed by atoms with Crippen LogP contribution in [-0.2, 0) is 6.42 Å². The van der Waals surface area contributed by atoms with Crippen LogP contribution in [0.5, 0.6) is 0 Å². The van der Waals surface area contributed by atoms with Crippen LogP contribution in [0, 0.1) is 0 Å². The van der Waals surface area contributed by atoms with E-state index in [9.17, 15) is 0 Å². The van der Waals surface area contributed by atoms with Gasteiger partial charge in [-0.3, -0.25) is 0 Å². The highest BCUT2D eigenvalue weighted by atomic mass is 35.5. The zero-order valence-corrected chi connectivity index (χ0v) is 14.3. The molecule has 0 aliphatic heterocycles. The van der Waals surface area contributed by atoms with E-state index < -0.39 is 0 Å². The van der Waals surface area contributed by atoms with Gasteiger partial charge >= 0.3 is 0 Å². The Bertz CT molecular complexity index is 596. The van der Waals surface area contributed by atoms with Gasteiger partial charge in [-0.15, -0.1) is 0 Å². The van der Waals surface area contributed by atoms with Gasteiger partial charge in [-0.05, 0) is 31.5 Å². The minimum atomic E-state index is 0.552. The third-order valence-electron chi connectivity index (χ3n) is 2.69. The predicted molar refractivity (Wildman–Crippen MR) is 90.8 cm³/mol. The molecule has 1 aromatic carbocycles. The van der Waals surface area contributed by atoms with Crippen molar-refractivity contribution in [1.29, 1.82) is 0 Å². The number of rotatable bonds is 6. The fourth-order valence-corrected chi connectivity index (χ4v) is 3.03. The van der Waals surface area contributed by atoms with Crippen LogP contribution < -0.4 is 5.32 Å². The van der Waals surface area contributed by atoms with E-state index in [2.05, 4.69) is 22.2 Å². The van der Waals surface area contributed by atoms with E-state index in [1.165, 1.54) is 0 Å². The average molecular weight is 342 g/mol. The summed E-state index contributed by atoms with van der Waals surface area (Å²) in [7, 11) is 0. The molecule has 112 valence electrons. The Balaban J connectivity index is 2.26. The van der Waals surface area contributed by atoms with E-state index in [-0.39, 0.29) is 0 Å². The highest BCUT2D eigenvalue weighted by Crippen LogP contribution is 2.32. The van der Waals surface area contributed by atoms with Crippen molar-refractivity contribution in [3.8, 4) is 0 Å². The van der Waals surface area contributed by atoms with Gasteiger partial charge < -0.3 is 5.32 Å². The molecule has 6 heteroatoms.